The highest BCUT2D eigenvalue weighted by Crippen LogP contribution is 2.31. The molecule has 0 aliphatic rings. The average Bonchev–Trinajstić information content (AvgIpc) is 2.89. The summed E-state index contributed by atoms with van der Waals surface area (Å²) >= 11 is 4.24. The van der Waals surface area contributed by atoms with Crippen LogP contribution in [0.4, 0.5) is 0 Å². The number of carboxylic acids is 1. The number of thiazole rings is 1. The van der Waals surface area contributed by atoms with E-state index in [0.29, 0.717) is 5.69 Å². The van der Waals surface area contributed by atoms with Gasteiger partial charge in [0, 0.05) is 11.8 Å². The lowest BCUT2D eigenvalue weighted by atomic mass is 10.3. The summed E-state index contributed by atoms with van der Waals surface area (Å²) in [6.07, 6.45) is 1.88. The van der Waals surface area contributed by atoms with E-state index in [1.54, 1.807) is 5.38 Å². The van der Waals surface area contributed by atoms with Crippen LogP contribution in [-0.2, 0) is 17.6 Å². The molecule has 0 amide bonds. The van der Waals surface area contributed by atoms with Crippen molar-refractivity contribution in [1.82, 2.24) is 14.3 Å². The molecular weight excluding hydrogens is 290 g/mol. The molecular formula is C10H11N3O2S3. The zero-order chi connectivity index (χ0) is 13.0. The predicted octanol–water partition coefficient (Wildman–Crippen LogP) is 2.73. The van der Waals surface area contributed by atoms with Gasteiger partial charge in [-0.15, -0.1) is 11.3 Å². The second kappa shape index (κ2) is 6.26. The van der Waals surface area contributed by atoms with E-state index in [2.05, 4.69) is 21.3 Å². The van der Waals surface area contributed by atoms with Crippen molar-refractivity contribution in [3.8, 4) is 0 Å². The second-order valence-corrected chi connectivity index (χ2v) is 6.61. The van der Waals surface area contributed by atoms with Crippen LogP contribution in [-0.4, -0.2) is 25.4 Å². The van der Waals surface area contributed by atoms with Crippen LogP contribution in [0.2, 0.25) is 0 Å². The number of aryl methyl sites for hydroxylation is 1. The summed E-state index contributed by atoms with van der Waals surface area (Å²) in [5, 5.41) is 10.4. The molecule has 5 nitrogen and oxygen atoms in total. The Morgan fingerprint density at radius 2 is 2.28 bits per heavy atom. The molecule has 2 heterocycles. The van der Waals surface area contributed by atoms with Crippen LogP contribution in [0.25, 0.3) is 0 Å². The predicted molar refractivity (Wildman–Crippen MR) is 71.5 cm³/mol. The first kappa shape index (κ1) is 13.4. The minimum Gasteiger partial charge on any atom is -0.481 e. The summed E-state index contributed by atoms with van der Waals surface area (Å²) in [5.41, 5.74) is 0.591. The number of aliphatic carboxylic acids is 1. The number of carbonyl (C=O) groups is 1. The molecule has 96 valence electrons. The summed E-state index contributed by atoms with van der Waals surface area (Å²) in [4.78, 5) is 19.2. The highest BCUT2D eigenvalue weighted by Gasteiger charge is 2.10. The first-order valence-corrected chi connectivity index (χ1v) is 7.81. The smallest absolute Gasteiger partial charge is 0.309 e. The Hall–Kier alpha value is -0.990. The van der Waals surface area contributed by atoms with Crippen molar-refractivity contribution in [3.05, 3.63) is 16.9 Å². The van der Waals surface area contributed by atoms with Crippen molar-refractivity contribution >= 4 is 40.6 Å². The number of carboxylic acid groups (broad SMARTS) is 1. The van der Waals surface area contributed by atoms with E-state index in [0.717, 1.165) is 27.3 Å². The molecule has 1 N–H and O–H groups in total. The largest absolute Gasteiger partial charge is 0.481 e. The Kier molecular flexibility index (Phi) is 4.67. The summed E-state index contributed by atoms with van der Waals surface area (Å²) in [5.74, 6) is 0.00492. The van der Waals surface area contributed by atoms with Gasteiger partial charge in [0.25, 0.3) is 0 Å². The highest BCUT2D eigenvalue weighted by atomic mass is 32.2. The van der Waals surface area contributed by atoms with Crippen LogP contribution in [0.5, 0.6) is 0 Å². The fourth-order valence-electron chi connectivity index (χ4n) is 1.25. The molecule has 0 aromatic carbocycles. The van der Waals surface area contributed by atoms with E-state index in [9.17, 15) is 4.79 Å². The fourth-order valence-corrected chi connectivity index (χ4v) is 3.95. The van der Waals surface area contributed by atoms with Gasteiger partial charge in [-0.1, -0.05) is 6.92 Å². The third-order valence-electron chi connectivity index (χ3n) is 1.96. The van der Waals surface area contributed by atoms with Gasteiger partial charge in [0.05, 0.1) is 12.1 Å². The van der Waals surface area contributed by atoms with Gasteiger partial charge in [-0.25, -0.2) is 9.97 Å². The molecule has 2 rings (SSSR count). The molecule has 0 spiro atoms. The maximum atomic E-state index is 10.5. The minimum atomic E-state index is -0.863. The van der Waals surface area contributed by atoms with Crippen molar-refractivity contribution in [3.63, 3.8) is 0 Å². The van der Waals surface area contributed by atoms with Crippen molar-refractivity contribution in [2.75, 3.05) is 0 Å². The van der Waals surface area contributed by atoms with Crippen molar-refractivity contribution in [1.29, 1.82) is 0 Å². The molecule has 8 heteroatoms. The molecule has 2 aromatic heterocycles. The first-order valence-electron chi connectivity index (χ1n) is 5.34. The molecule has 0 atom stereocenters. The van der Waals surface area contributed by atoms with E-state index < -0.39 is 5.97 Å². The maximum Gasteiger partial charge on any atom is 0.309 e. The van der Waals surface area contributed by atoms with E-state index in [4.69, 9.17) is 5.11 Å². The Balaban J connectivity index is 1.99. The topological polar surface area (TPSA) is 76.0 Å². The van der Waals surface area contributed by atoms with Gasteiger partial charge in [-0.3, -0.25) is 4.79 Å². The number of hydrogen-bond acceptors (Lipinski definition) is 7. The van der Waals surface area contributed by atoms with E-state index in [1.807, 2.05) is 0 Å². The number of aromatic nitrogens is 3. The summed E-state index contributed by atoms with van der Waals surface area (Å²) in [7, 11) is 0. The van der Waals surface area contributed by atoms with Gasteiger partial charge in [-0.2, -0.15) is 4.37 Å². The highest BCUT2D eigenvalue weighted by molar-refractivity contribution is 8.02. The molecule has 0 unspecified atom stereocenters. The Morgan fingerprint density at radius 3 is 3.00 bits per heavy atom. The van der Waals surface area contributed by atoms with Crippen LogP contribution < -0.4 is 0 Å². The number of hydrogen-bond donors (Lipinski definition) is 1. The van der Waals surface area contributed by atoms with Crippen LogP contribution >= 0.6 is 34.6 Å². The standard InChI is InChI=1S/C10H11N3O2S3/c1-2-3-7-12-10(18-13-7)17-9-11-6(5-16-9)4-8(14)15/h5H,2-4H2,1H3,(H,14,15). The first-order chi connectivity index (χ1) is 8.67. The average molecular weight is 301 g/mol. The minimum absolute atomic E-state index is 0.0335. The van der Waals surface area contributed by atoms with Crippen molar-refractivity contribution in [2.45, 2.75) is 34.9 Å². The van der Waals surface area contributed by atoms with Gasteiger partial charge in [0.1, 0.15) is 5.82 Å². The zero-order valence-electron chi connectivity index (χ0n) is 9.62. The Bertz CT molecular complexity index is 538. The maximum absolute atomic E-state index is 10.5. The van der Waals surface area contributed by atoms with E-state index in [1.165, 1.54) is 34.6 Å². The summed E-state index contributed by atoms with van der Waals surface area (Å²) in [6, 6.07) is 0. The molecule has 0 saturated carbocycles. The Labute approximate surface area is 116 Å². The van der Waals surface area contributed by atoms with Crippen LogP contribution in [0.1, 0.15) is 24.9 Å². The number of nitrogens with zero attached hydrogens (tertiary/aromatic N) is 3. The van der Waals surface area contributed by atoms with E-state index >= 15 is 0 Å². The van der Waals surface area contributed by atoms with Gasteiger partial charge >= 0.3 is 5.97 Å². The Morgan fingerprint density at radius 1 is 1.44 bits per heavy atom. The van der Waals surface area contributed by atoms with Gasteiger partial charge in [-0.05, 0) is 29.7 Å². The van der Waals surface area contributed by atoms with Crippen LogP contribution in [0.3, 0.4) is 0 Å². The lowest BCUT2D eigenvalue weighted by molar-refractivity contribution is -0.136. The lowest BCUT2D eigenvalue weighted by Crippen LogP contribution is -1.99. The van der Waals surface area contributed by atoms with Crippen molar-refractivity contribution < 1.29 is 9.90 Å². The summed E-state index contributed by atoms with van der Waals surface area (Å²) in [6.45, 7) is 2.09. The van der Waals surface area contributed by atoms with Crippen LogP contribution in [0.15, 0.2) is 14.1 Å². The molecule has 2 aromatic rings. The molecule has 0 aliphatic carbocycles. The monoisotopic (exact) mass is 301 g/mol. The zero-order valence-corrected chi connectivity index (χ0v) is 12.1. The number of rotatable bonds is 6. The third-order valence-corrected chi connectivity index (χ3v) is 4.74. The molecule has 0 radical (unpaired) electrons. The quantitative estimate of drug-likeness (QED) is 0.884. The second-order valence-electron chi connectivity index (χ2n) is 3.50. The molecule has 0 bridgehead atoms. The SMILES string of the molecule is CCCc1nsc(Sc2nc(CC(=O)O)cs2)n1. The van der Waals surface area contributed by atoms with Gasteiger partial charge in [0.15, 0.2) is 8.68 Å². The van der Waals surface area contributed by atoms with Gasteiger partial charge in [0.2, 0.25) is 0 Å². The molecule has 18 heavy (non-hydrogen) atoms. The fraction of sp³-hybridized carbons (Fsp3) is 0.400. The summed E-state index contributed by atoms with van der Waals surface area (Å²) < 4.78 is 5.92. The van der Waals surface area contributed by atoms with Crippen LogP contribution in [0, 0.1) is 0 Å². The van der Waals surface area contributed by atoms with Crippen molar-refractivity contribution in [2.24, 2.45) is 0 Å². The molecule has 0 aliphatic heterocycles. The molecule has 0 fully saturated rings. The third kappa shape index (κ3) is 3.76. The van der Waals surface area contributed by atoms with Gasteiger partial charge < -0.3 is 5.11 Å². The molecule has 0 saturated heterocycles. The lowest BCUT2D eigenvalue weighted by Gasteiger charge is -1.90. The van der Waals surface area contributed by atoms with E-state index in [-0.39, 0.29) is 6.42 Å². The normalized spacial score (nSPS) is 10.7.